The van der Waals surface area contributed by atoms with Crippen molar-refractivity contribution in [1.82, 2.24) is 10.2 Å². The molecule has 1 fully saturated rings. The van der Waals surface area contributed by atoms with Crippen molar-refractivity contribution in [3.63, 3.8) is 0 Å². The number of hydrogen-bond acceptors (Lipinski definition) is 3. The highest BCUT2D eigenvalue weighted by Crippen LogP contribution is 2.16. The second kappa shape index (κ2) is 6.20. The fourth-order valence-electron chi connectivity index (χ4n) is 2.83. The van der Waals surface area contributed by atoms with Crippen LogP contribution >= 0.6 is 0 Å². The van der Waals surface area contributed by atoms with Gasteiger partial charge >= 0.3 is 0 Å². The number of nitrogens with one attached hydrogen (secondary N) is 1. The molecule has 1 atom stereocenters. The number of ketones is 1. The van der Waals surface area contributed by atoms with Gasteiger partial charge in [0, 0.05) is 20.1 Å². The molecule has 1 aliphatic heterocycles. The highest BCUT2D eigenvalue weighted by atomic mass is 16.2. The van der Waals surface area contributed by atoms with Gasteiger partial charge in [0.1, 0.15) is 5.92 Å². The van der Waals surface area contributed by atoms with Gasteiger partial charge in [-0.05, 0) is 22.8 Å². The average Bonchev–Trinajstić information content (AvgIpc) is 2.82. The third-order valence-electron chi connectivity index (χ3n) is 4.17. The summed E-state index contributed by atoms with van der Waals surface area (Å²) in [6, 6.07) is 14.3. The summed E-state index contributed by atoms with van der Waals surface area (Å²) < 4.78 is 0. The lowest BCUT2D eigenvalue weighted by Gasteiger charge is -2.10. The lowest BCUT2D eigenvalue weighted by atomic mass is 10.0. The highest BCUT2D eigenvalue weighted by molar-refractivity contribution is 6.42. The lowest BCUT2D eigenvalue weighted by molar-refractivity contribution is -0.142. The molecule has 0 saturated carbocycles. The minimum absolute atomic E-state index is 0.166. The first kappa shape index (κ1) is 15.2. The number of benzene rings is 2. The summed E-state index contributed by atoms with van der Waals surface area (Å²) in [6.45, 7) is 0.609. The van der Waals surface area contributed by atoms with Gasteiger partial charge in [0.05, 0.1) is 0 Å². The SMILES string of the molecule is CN1CC(C(=O)NCCc2ccc3ccccc3c2)C(=O)C1=O. The van der Waals surface area contributed by atoms with Crippen LogP contribution in [0, 0.1) is 5.92 Å². The van der Waals surface area contributed by atoms with Crippen LogP contribution in [0.15, 0.2) is 42.5 Å². The smallest absolute Gasteiger partial charge is 0.290 e. The van der Waals surface area contributed by atoms with E-state index in [2.05, 4.69) is 29.6 Å². The minimum atomic E-state index is -0.871. The molecule has 118 valence electrons. The Kier molecular flexibility index (Phi) is 4.10. The fourth-order valence-corrected chi connectivity index (χ4v) is 2.83. The predicted molar refractivity (Wildman–Crippen MR) is 86.8 cm³/mol. The van der Waals surface area contributed by atoms with Crippen LogP contribution in [0.3, 0.4) is 0 Å². The Balaban J connectivity index is 1.57. The Labute approximate surface area is 134 Å². The van der Waals surface area contributed by atoms with Crippen LogP contribution in [0.2, 0.25) is 0 Å². The molecule has 2 aromatic rings. The molecule has 1 saturated heterocycles. The number of Topliss-reactive ketones (excluding diaryl/α,β-unsaturated/α-hetero) is 1. The van der Waals surface area contributed by atoms with Gasteiger partial charge in [-0.25, -0.2) is 0 Å². The average molecular weight is 310 g/mol. The molecule has 0 bridgehead atoms. The van der Waals surface area contributed by atoms with E-state index in [9.17, 15) is 14.4 Å². The molecule has 0 aliphatic carbocycles. The van der Waals surface area contributed by atoms with Crippen LogP contribution in [0.4, 0.5) is 0 Å². The van der Waals surface area contributed by atoms with E-state index in [-0.39, 0.29) is 12.5 Å². The minimum Gasteiger partial charge on any atom is -0.355 e. The zero-order chi connectivity index (χ0) is 16.4. The molecule has 2 aromatic carbocycles. The predicted octanol–water partition coefficient (Wildman–Crippen LogP) is 1.16. The van der Waals surface area contributed by atoms with Gasteiger partial charge in [0.25, 0.3) is 5.91 Å². The van der Waals surface area contributed by atoms with Crippen LogP contribution in [0.5, 0.6) is 0 Å². The zero-order valence-corrected chi connectivity index (χ0v) is 12.9. The largest absolute Gasteiger partial charge is 0.355 e. The van der Waals surface area contributed by atoms with Gasteiger partial charge in [-0.2, -0.15) is 0 Å². The molecule has 0 aromatic heterocycles. The first-order chi connectivity index (χ1) is 11.1. The quantitative estimate of drug-likeness (QED) is 0.680. The molecule has 1 N–H and O–H groups in total. The molecule has 1 aliphatic rings. The van der Waals surface area contributed by atoms with E-state index in [1.54, 1.807) is 0 Å². The summed E-state index contributed by atoms with van der Waals surface area (Å²) >= 11 is 0. The highest BCUT2D eigenvalue weighted by Gasteiger charge is 2.41. The van der Waals surface area contributed by atoms with E-state index in [0.717, 1.165) is 10.9 Å². The Morgan fingerprint density at radius 1 is 1.17 bits per heavy atom. The maximum absolute atomic E-state index is 12.0. The standard InChI is InChI=1S/C18H18N2O3/c1-20-11-15(16(21)18(20)23)17(22)19-9-8-12-6-7-13-4-2-3-5-14(13)10-12/h2-7,10,15H,8-9,11H2,1H3,(H,19,22). The van der Waals surface area contributed by atoms with Crippen molar-refractivity contribution < 1.29 is 14.4 Å². The monoisotopic (exact) mass is 310 g/mol. The maximum atomic E-state index is 12.0. The van der Waals surface area contributed by atoms with Crippen LogP contribution in [0.1, 0.15) is 5.56 Å². The molecular weight excluding hydrogens is 292 g/mol. The number of carbonyl (C=O) groups is 3. The van der Waals surface area contributed by atoms with Gasteiger partial charge in [-0.3, -0.25) is 14.4 Å². The van der Waals surface area contributed by atoms with E-state index in [0.29, 0.717) is 13.0 Å². The summed E-state index contributed by atoms with van der Waals surface area (Å²) in [5.41, 5.74) is 1.12. The molecule has 5 heteroatoms. The number of likely N-dealkylation sites (tertiary alicyclic amines) is 1. The first-order valence-electron chi connectivity index (χ1n) is 7.61. The molecule has 0 radical (unpaired) electrons. The molecule has 1 unspecified atom stereocenters. The fraction of sp³-hybridized carbons (Fsp3) is 0.278. The van der Waals surface area contributed by atoms with Crippen molar-refractivity contribution in [2.45, 2.75) is 6.42 Å². The molecular formula is C18H18N2O3. The Hall–Kier alpha value is -2.69. The van der Waals surface area contributed by atoms with Gasteiger partial charge in [-0.1, -0.05) is 42.5 Å². The molecule has 5 nitrogen and oxygen atoms in total. The van der Waals surface area contributed by atoms with E-state index < -0.39 is 17.6 Å². The van der Waals surface area contributed by atoms with E-state index in [1.807, 2.05) is 18.2 Å². The van der Waals surface area contributed by atoms with Crippen molar-refractivity contribution in [2.75, 3.05) is 20.1 Å². The van der Waals surface area contributed by atoms with Crippen molar-refractivity contribution in [2.24, 2.45) is 5.92 Å². The second-order valence-electron chi connectivity index (χ2n) is 5.83. The Morgan fingerprint density at radius 3 is 2.61 bits per heavy atom. The molecule has 3 rings (SSSR count). The van der Waals surface area contributed by atoms with E-state index >= 15 is 0 Å². The Morgan fingerprint density at radius 2 is 1.91 bits per heavy atom. The third-order valence-corrected chi connectivity index (χ3v) is 4.17. The number of nitrogens with zero attached hydrogens (tertiary/aromatic N) is 1. The summed E-state index contributed by atoms with van der Waals surface area (Å²) in [6.07, 6.45) is 0.682. The van der Waals surface area contributed by atoms with Crippen molar-refractivity contribution in [1.29, 1.82) is 0 Å². The third kappa shape index (κ3) is 3.08. The molecule has 23 heavy (non-hydrogen) atoms. The number of rotatable bonds is 4. The molecule has 2 amide bonds. The number of likely N-dealkylation sites (N-methyl/N-ethyl adjacent to an activating group) is 1. The normalized spacial score (nSPS) is 17.8. The van der Waals surface area contributed by atoms with Crippen molar-refractivity contribution >= 4 is 28.4 Å². The number of hydrogen-bond donors (Lipinski definition) is 1. The van der Waals surface area contributed by atoms with Crippen LogP contribution in [-0.4, -0.2) is 42.6 Å². The molecule has 1 heterocycles. The van der Waals surface area contributed by atoms with E-state index in [4.69, 9.17) is 0 Å². The van der Waals surface area contributed by atoms with Crippen LogP contribution < -0.4 is 5.32 Å². The summed E-state index contributed by atoms with van der Waals surface area (Å²) in [5.74, 6) is -2.44. The summed E-state index contributed by atoms with van der Waals surface area (Å²) in [5, 5.41) is 5.09. The van der Waals surface area contributed by atoms with Gasteiger partial charge in [0.15, 0.2) is 0 Å². The molecule has 0 spiro atoms. The summed E-state index contributed by atoms with van der Waals surface area (Å²) in [4.78, 5) is 36.4. The maximum Gasteiger partial charge on any atom is 0.290 e. The van der Waals surface area contributed by atoms with Gasteiger partial charge < -0.3 is 10.2 Å². The van der Waals surface area contributed by atoms with Crippen LogP contribution in [-0.2, 0) is 20.8 Å². The first-order valence-corrected chi connectivity index (χ1v) is 7.61. The van der Waals surface area contributed by atoms with Crippen LogP contribution in [0.25, 0.3) is 10.8 Å². The zero-order valence-electron chi connectivity index (χ0n) is 12.9. The van der Waals surface area contributed by atoms with E-state index in [1.165, 1.54) is 17.3 Å². The van der Waals surface area contributed by atoms with Crippen molar-refractivity contribution in [3.05, 3.63) is 48.0 Å². The number of amides is 2. The number of carbonyl (C=O) groups excluding carboxylic acids is 3. The number of fused-ring (bicyclic) bond motifs is 1. The van der Waals surface area contributed by atoms with Gasteiger partial charge in [0.2, 0.25) is 11.7 Å². The summed E-state index contributed by atoms with van der Waals surface area (Å²) in [7, 11) is 1.53. The Bertz CT molecular complexity index is 785. The lowest BCUT2D eigenvalue weighted by Crippen LogP contribution is -2.36. The second-order valence-corrected chi connectivity index (χ2v) is 5.83. The van der Waals surface area contributed by atoms with Gasteiger partial charge in [-0.15, -0.1) is 0 Å². The topological polar surface area (TPSA) is 66.5 Å². The van der Waals surface area contributed by atoms with Crippen molar-refractivity contribution in [3.8, 4) is 0 Å².